The number of hydrogen-bond acceptors (Lipinski definition) is 5. The molecule has 134 valence electrons. The van der Waals surface area contributed by atoms with Gasteiger partial charge >= 0.3 is 0 Å². The summed E-state index contributed by atoms with van der Waals surface area (Å²) in [6.45, 7) is 5.45. The van der Waals surface area contributed by atoms with Crippen LogP contribution in [0.25, 0.3) is 11.1 Å². The molecular formula is C19H19FN4O2. The summed E-state index contributed by atoms with van der Waals surface area (Å²) in [6.07, 6.45) is 0. The lowest BCUT2D eigenvalue weighted by molar-refractivity contribution is 0.102. The standard InChI is InChI=1S/C19H19FN4O2/c1-12-22-18-16(20)10-14(11-17(18)26-12)23-19(25)13-2-4-15(5-3-13)24-8-6-21-7-9-24/h2-5,10-11,21H,6-9H2,1H3,(H,23,25). The van der Waals surface area contributed by atoms with Crippen LogP contribution < -0.4 is 15.5 Å². The van der Waals surface area contributed by atoms with Crippen molar-refractivity contribution >= 4 is 28.4 Å². The number of hydrogen-bond donors (Lipinski definition) is 2. The fourth-order valence-corrected chi connectivity index (χ4v) is 3.12. The Labute approximate surface area is 150 Å². The molecule has 26 heavy (non-hydrogen) atoms. The highest BCUT2D eigenvalue weighted by atomic mass is 19.1. The van der Waals surface area contributed by atoms with Gasteiger partial charge in [-0.25, -0.2) is 9.37 Å². The van der Waals surface area contributed by atoms with Crippen molar-refractivity contribution in [2.75, 3.05) is 36.4 Å². The van der Waals surface area contributed by atoms with Gasteiger partial charge in [0.25, 0.3) is 5.91 Å². The Kier molecular flexibility index (Phi) is 4.30. The maximum Gasteiger partial charge on any atom is 0.255 e. The van der Waals surface area contributed by atoms with Gasteiger partial charge in [-0.1, -0.05) is 0 Å². The molecule has 3 aromatic rings. The molecule has 1 aromatic heterocycles. The van der Waals surface area contributed by atoms with Gasteiger partial charge in [-0.15, -0.1) is 0 Å². The molecule has 0 aliphatic carbocycles. The van der Waals surface area contributed by atoms with Gasteiger partial charge in [0.05, 0.1) is 0 Å². The summed E-state index contributed by atoms with van der Waals surface area (Å²) in [7, 11) is 0. The lowest BCUT2D eigenvalue weighted by Gasteiger charge is -2.29. The van der Waals surface area contributed by atoms with Crippen LogP contribution in [0.3, 0.4) is 0 Å². The largest absolute Gasteiger partial charge is 0.441 e. The molecule has 4 rings (SSSR count). The van der Waals surface area contributed by atoms with Crippen molar-refractivity contribution in [3.05, 3.63) is 53.7 Å². The third-order valence-corrected chi connectivity index (χ3v) is 4.42. The second kappa shape index (κ2) is 6.76. The normalized spacial score (nSPS) is 14.6. The van der Waals surface area contributed by atoms with Gasteiger partial charge in [-0.05, 0) is 30.3 Å². The van der Waals surface area contributed by atoms with Crippen LogP contribution in [0, 0.1) is 12.7 Å². The molecular weight excluding hydrogens is 335 g/mol. The number of nitrogens with zero attached hydrogens (tertiary/aromatic N) is 2. The fraction of sp³-hybridized carbons (Fsp3) is 0.263. The number of carbonyl (C=O) groups is 1. The van der Waals surface area contributed by atoms with E-state index in [9.17, 15) is 9.18 Å². The SMILES string of the molecule is Cc1nc2c(F)cc(NC(=O)c3ccc(N4CCNCC4)cc3)cc2o1. The lowest BCUT2D eigenvalue weighted by atomic mass is 10.1. The van der Waals surface area contributed by atoms with Gasteiger partial charge in [0.2, 0.25) is 0 Å². The van der Waals surface area contributed by atoms with Gasteiger partial charge in [-0.3, -0.25) is 4.79 Å². The lowest BCUT2D eigenvalue weighted by Crippen LogP contribution is -2.43. The molecule has 0 radical (unpaired) electrons. The Morgan fingerprint density at radius 1 is 1.23 bits per heavy atom. The second-order valence-corrected chi connectivity index (χ2v) is 6.28. The molecule has 2 heterocycles. The molecule has 6 nitrogen and oxygen atoms in total. The quantitative estimate of drug-likeness (QED) is 0.757. The van der Waals surface area contributed by atoms with E-state index in [1.54, 1.807) is 25.1 Å². The van der Waals surface area contributed by atoms with Crippen molar-refractivity contribution in [2.45, 2.75) is 6.92 Å². The number of rotatable bonds is 3. The minimum absolute atomic E-state index is 0.167. The van der Waals surface area contributed by atoms with Crippen LogP contribution in [-0.4, -0.2) is 37.1 Å². The minimum atomic E-state index is -0.524. The molecule has 0 bridgehead atoms. The molecule has 1 fully saturated rings. The van der Waals surface area contributed by atoms with Crippen LogP contribution in [0.2, 0.25) is 0 Å². The zero-order valence-corrected chi connectivity index (χ0v) is 14.4. The van der Waals surface area contributed by atoms with Crippen molar-refractivity contribution in [2.24, 2.45) is 0 Å². The molecule has 2 aromatic carbocycles. The molecule has 0 unspecified atom stereocenters. The van der Waals surface area contributed by atoms with Crippen LogP contribution in [-0.2, 0) is 0 Å². The summed E-state index contributed by atoms with van der Waals surface area (Å²) in [5, 5.41) is 6.02. The highest BCUT2D eigenvalue weighted by molar-refractivity contribution is 6.05. The van der Waals surface area contributed by atoms with Gasteiger partial charge in [0, 0.05) is 56.1 Å². The van der Waals surface area contributed by atoms with Gasteiger partial charge in [-0.2, -0.15) is 0 Å². The maximum atomic E-state index is 14.1. The predicted molar refractivity (Wildman–Crippen MR) is 98.2 cm³/mol. The first-order valence-electron chi connectivity index (χ1n) is 8.54. The number of anilines is 2. The Morgan fingerprint density at radius 3 is 2.69 bits per heavy atom. The fourth-order valence-electron chi connectivity index (χ4n) is 3.12. The first kappa shape index (κ1) is 16.5. The summed E-state index contributed by atoms with van der Waals surface area (Å²) in [6, 6.07) is 10.2. The van der Waals surface area contributed by atoms with Gasteiger partial charge < -0.3 is 20.0 Å². The third-order valence-electron chi connectivity index (χ3n) is 4.42. The van der Waals surface area contributed by atoms with Crippen molar-refractivity contribution in [1.29, 1.82) is 0 Å². The molecule has 1 saturated heterocycles. The molecule has 7 heteroatoms. The van der Waals surface area contributed by atoms with E-state index in [4.69, 9.17) is 4.42 Å². The summed E-state index contributed by atoms with van der Waals surface area (Å²) >= 11 is 0. The van der Waals surface area contributed by atoms with E-state index in [-0.39, 0.29) is 11.4 Å². The van der Waals surface area contributed by atoms with Crippen LogP contribution in [0.15, 0.2) is 40.8 Å². The summed E-state index contributed by atoms with van der Waals surface area (Å²) in [5.74, 6) is -0.443. The first-order chi connectivity index (χ1) is 12.6. The zero-order valence-electron chi connectivity index (χ0n) is 14.4. The molecule has 1 amide bonds. The van der Waals surface area contributed by atoms with Crippen LogP contribution in [0.5, 0.6) is 0 Å². The Balaban J connectivity index is 1.51. The van der Waals surface area contributed by atoms with E-state index >= 15 is 0 Å². The summed E-state index contributed by atoms with van der Waals surface area (Å²) in [4.78, 5) is 18.7. The average Bonchev–Trinajstić information content (AvgIpc) is 3.03. The summed E-state index contributed by atoms with van der Waals surface area (Å²) in [5.41, 5.74) is 2.42. The Hall–Kier alpha value is -2.93. The van der Waals surface area contributed by atoms with Crippen molar-refractivity contribution in [3.63, 3.8) is 0 Å². The number of oxazole rings is 1. The van der Waals surface area contributed by atoms with E-state index in [0.29, 0.717) is 22.7 Å². The Bertz CT molecular complexity index is 946. The van der Waals surface area contributed by atoms with Crippen LogP contribution in [0.1, 0.15) is 16.2 Å². The molecule has 1 aliphatic rings. The number of amides is 1. The highest BCUT2D eigenvalue weighted by Gasteiger charge is 2.14. The first-order valence-corrected chi connectivity index (χ1v) is 8.54. The minimum Gasteiger partial charge on any atom is -0.441 e. The number of fused-ring (bicyclic) bond motifs is 1. The number of aryl methyl sites for hydroxylation is 1. The third kappa shape index (κ3) is 3.25. The number of carbonyl (C=O) groups excluding carboxylic acids is 1. The van der Waals surface area contributed by atoms with Gasteiger partial charge in [0.1, 0.15) is 5.52 Å². The van der Waals surface area contributed by atoms with Crippen LogP contribution >= 0.6 is 0 Å². The molecule has 1 aliphatic heterocycles. The predicted octanol–water partition coefficient (Wildman–Crippen LogP) is 2.94. The topological polar surface area (TPSA) is 70.4 Å². The van der Waals surface area contributed by atoms with E-state index < -0.39 is 5.82 Å². The van der Waals surface area contributed by atoms with Crippen LogP contribution in [0.4, 0.5) is 15.8 Å². The molecule has 0 saturated carbocycles. The Morgan fingerprint density at radius 2 is 1.96 bits per heavy atom. The summed E-state index contributed by atoms with van der Waals surface area (Å²) < 4.78 is 19.4. The number of benzene rings is 2. The second-order valence-electron chi connectivity index (χ2n) is 6.28. The van der Waals surface area contributed by atoms with Crippen molar-refractivity contribution in [1.82, 2.24) is 10.3 Å². The van der Waals surface area contributed by atoms with Gasteiger partial charge in [0.15, 0.2) is 17.3 Å². The van der Waals surface area contributed by atoms with Crippen molar-refractivity contribution in [3.8, 4) is 0 Å². The highest BCUT2D eigenvalue weighted by Crippen LogP contribution is 2.24. The van der Waals surface area contributed by atoms with Crippen molar-refractivity contribution < 1.29 is 13.6 Å². The van der Waals surface area contributed by atoms with E-state index in [1.807, 2.05) is 12.1 Å². The van der Waals surface area contributed by atoms with E-state index in [1.165, 1.54) is 6.07 Å². The average molecular weight is 354 g/mol. The number of halogens is 1. The molecule has 2 N–H and O–H groups in total. The molecule has 0 atom stereocenters. The smallest absolute Gasteiger partial charge is 0.255 e. The van der Waals surface area contributed by atoms with E-state index in [2.05, 4.69) is 20.5 Å². The maximum absolute atomic E-state index is 14.1. The zero-order chi connectivity index (χ0) is 18.1. The number of piperazine rings is 1. The number of aromatic nitrogens is 1. The van der Waals surface area contributed by atoms with E-state index in [0.717, 1.165) is 31.9 Å². The monoisotopic (exact) mass is 354 g/mol. The number of nitrogens with one attached hydrogen (secondary N) is 2. The molecule has 0 spiro atoms.